The van der Waals surface area contributed by atoms with E-state index in [0.717, 1.165) is 49.8 Å². The van der Waals surface area contributed by atoms with E-state index >= 15 is 0 Å². The van der Waals surface area contributed by atoms with Gasteiger partial charge in [-0.3, -0.25) is 4.98 Å². The summed E-state index contributed by atoms with van der Waals surface area (Å²) in [6.45, 7) is 3.01. The second kappa shape index (κ2) is 9.51. The van der Waals surface area contributed by atoms with Crippen LogP contribution in [0.5, 0.6) is 0 Å². The lowest BCUT2D eigenvalue weighted by Gasteiger charge is -2.40. The normalized spacial score (nSPS) is 24.0. The van der Waals surface area contributed by atoms with Crippen LogP contribution < -0.4 is 5.32 Å². The van der Waals surface area contributed by atoms with Gasteiger partial charge in [0.2, 0.25) is 0 Å². The van der Waals surface area contributed by atoms with Crippen molar-refractivity contribution in [1.82, 2.24) is 40.4 Å². The fraction of sp³-hybridized carbons (Fsp3) is 0.571. The van der Waals surface area contributed by atoms with E-state index in [9.17, 15) is 9.59 Å². The van der Waals surface area contributed by atoms with E-state index in [4.69, 9.17) is 4.74 Å². The number of likely N-dealkylation sites (N-methyl/N-ethyl adjacent to an activating group) is 1. The fourth-order valence-electron chi connectivity index (χ4n) is 4.42. The molecular formula is C21H28N8O3. The molecular weight excluding hydrogens is 412 g/mol. The van der Waals surface area contributed by atoms with Gasteiger partial charge in [-0.25, -0.2) is 9.78 Å². The van der Waals surface area contributed by atoms with E-state index in [1.54, 1.807) is 12.4 Å². The molecule has 32 heavy (non-hydrogen) atoms. The quantitative estimate of drug-likeness (QED) is 0.442. The number of hydrogen-bond acceptors (Lipinski definition) is 10. The van der Waals surface area contributed by atoms with Crippen LogP contribution in [0.15, 0.2) is 30.5 Å². The molecule has 0 saturated heterocycles. The molecule has 0 spiro atoms. The van der Waals surface area contributed by atoms with Gasteiger partial charge in [0, 0.05) is 37.2 Å². The second-order valence-corrected chi connectivity index (χ2v) is 8.66. The fourth-order valence-corrected chi connectivity index (χ4v) is 4.42. The lowest BCUT2D eigenvalue weighted by atomic mass is 9.70. The highest BCUT2D eigenvalue weighted by Crippen LogP contribution is 2.39. The average molecular weight is 441 g/mol. The molecule has 2 aromatic heterocycles. The number of aldehydes is 1. The van der Waals surface area contributed by atoms with Crippen molar-refractivity contribution in [2.45, 2.75) is 57.7 Å². The number of nitrogens with one attached hydrogen (secondary N) is 1. The number of cyclic esters (lactones) is 1. The van der Waals surface area contributed by atoms with Crippen LogP contribution in [0, 0.1) is 5.41 Å². The molecule has 0 aromatic carbocycles. The topological polar surface area (TPSA) is 128 Å². The molecule has 2 aromatic rings. The highest BCUT2D eigenvalue weighted by Gasteiger charge is 2.37. The Morgan fingerprint density at radius 2 is 2.16 bits per heavy atom. The summed E-state index contributed by atoms with van der Waals surface area (Å²) in [5, 5.41) is 14.5. The predicted molar refractivity (Wildman–Crippen MR) is 113 cm³/mol. The zero-order chi connectivity index (χ0) is 22.6. The Bertz CT molecular complexity index is 952. The van der Waals surface area contributed by atoms with Crippen LogP contribution >= 0.6 is 0 Å². The molecule has 0 bridgehead atoms. The van der Waals surface area contributed by atoms with Crippen LogP contribution in [0.4, 0.5) is 0 Å². The number of tetrazole rings is 1. The van der Waals surface area contributed by atoms with Crippen molar-refractivity contribution in [1.29, 1.82) is 0 Å². The van der Waals surface area contributed by atoms with Gasteiger partial charge in [0.25, 0.3) is 0 Å². The first-order chi connectivity index (χ1) is 15.5. The molecule has 1 saturated carbocycles. The number of carbonyl (C=O) groups is 2. The van der Waals surface area contributed by atoms with Crippen molar-refractivity contribution in [2.75, 3.05) is 13.7 Å². The molecule has 1 N–H and O–H groups in total. The van der Waals surface area contributed by atoms with Crippen LogP contribution in [0.3, 0.4) is 0 Å². The third kappa shape index (κ3) is 4.98. The summed E-state index contributed by atoms with van der Waals surface area (Å²) in [6.07, 6.45) is 11.8. The summed E-state index contributed by atoms with van der Waals surface area (Å²) in [5.41, 5.74) is 1.38. The molecule has 11 heteroatoms. The zero-order valence-electron chi connectivity index (χ0n) is 18.3. The molecule has 3 heterocycles. The number of esters is 1. The smallest absolute Gasteiger partial charge is 0.333 e. The first kappa shape index (κ1) is 22.0. The lowest BCUT2D eigenvalue weighted by molar-refractivity contribution is -0.135. The number of carbonyl (C=O) groups excluding carboxylic acids is 2. The number of aromatic nitrogens is 6. The lowest BCUT2D eigenvalue weighted by Crippen LogP contribution is -2.42. The summed E-state index contributed by atoms with van der Waals surface area (Å²) < 4.78 is 6.47. The molecule has 0 radical (unpaired) electrons. The maximum Gasteiger partial charge on any atom is 0.333 e. The second-order valence-electron chi connectivity index (χ2n) is 8.66. The van der Waals surface area contributed by atoms with Crippen LogP contribution in [-0.4, -0.2) is 73.1 Å². The Hall–Kier alpha value is -3.21. The number of hydrogen-bond donors (Lipinski definition) is 1. The Labute approximate surface area is 186 Å². The standard InChI is InChI=1S/C21H28N8O3/c1-15(28(2)18-7-20(31)32-12-18)8-21(13-30)5-3-16(4-6-21)22-9-17-10-24-19(11-23-17)29-14-25-26-27-29/h7,10-11,13-16,22H,3-6,8-9,12H2,1-2H3/t15-,16?,21?/m0/s1. The van der Waals surface area contributed by atoms with Crippen molar-refractivity contribution < 1.29 is 14.3 Å². The third-order valence-corrected chi connectivity index (χ3v) is 6.54. The maximum atomic E-state index is 12.1. The minimum atomic E-state index is -0.330. The van der Waals surface area contributed by atoms with Crippen LogP contribution in [0.2, 0.25) is 0 Å². The number of rotatable bonds is 9. The summed E-state index contributed by atoms with van der Waals surface area (Å²) in [4.78, 5) is 34.2. The minimum Gasteiger partial charge on any atom is -0.456 e. The van der Waals surface area contributed by atoms with Crippen molar-refractivity contribution >= 4 is 12.3 Å². The molecule has 4 rings (SSSR count). The highest BCUT2D eigenvalue weighted by atomic mass is 16.5. The Balaban J connectivity index is 1.26. The Kier molecular flexibility index (Phi) is 6.54. The van der Waals surface area contributed by atoms with Crippen molar-refractivity contribution in [2.24, 2.45) is 5.41 Å². The molecule has 1 atom stereocenters. The molecule has 1 fully saturated rings. The number of ether oxygens (including phenoxy) is 1. The van der Waals surface area contributed by atoms with Gasteiger partial charge in [0.1, 0.15) is 19.2 Å². The molecule has 1 aliphatic carbocycles. The van der Waals surface area contributed by atoms with Crippen LogP contribution in [-0.2, 0) is 20.9 Å². The Morgan fingerprint density at radius 1 is 1.34 bits per heavy atom. The van der Waals surface area contributed by atoms with Gasteiger partial charge in [-0.15, -0.1) is 5.10 Å². The molecule has 1 aliphatic heterocycles. The SMILES string of the molecule is C[C@@H](CC1(C=O)CCC(NCc2cnc(-n3cnnn3)cn2)CC1)N(C)C1=CC(=O)OC1. The average Bonchev–Trinajstić information content (AvgIpc) is 3.51. The van der Waals surface area contributed by atoms with E-state index in [-0.39, 0.29) is 17.4 Å². The monoisotopic (exact) mass is 440 g/mol. The van der Waals surface area contributed by atoms with Crippen molar-refractivity contribution in [3.8, 4) is 5.82 Å². The third-order valence-electron chi connectivity index (χ3n) is 6.54. The van der Waals surface area contributed by atoms with Crippen molar-refractivity contribution in [3.05, 3.63) is 36.2 Å². The van der Waals surface area contributed by atoms with Gasteiger partial charge in [-0.05, 0) is 49.5 Å². The molecule has 170 valence electrons. The van der Waals surface area contributed by atoms with Gasteiger partial charge < -0.3 is 19.7 Å². The van der Waals surface area contributed by atoms with E-state index in [0.29, 0.717) is 25.0 Å². The van der Waals surface area contributed by atoms with Gasteiger partial charge in [0.15, 0.2) is 5.82 Å². The minimum absolute atomic E-state index is 0.138. The maximum absolute atomic E-state index is 12.1. The molecule has 2 aliphatic rings. The van der Waals surface area contributed by atoms with Gasteiger partial charge in [-0.1, -0.05) is 0 Å². The molecule has 11 nitrogen and oxygen atoms in total. The van der Waals surface area contributed by atoms with E-state index in [1.807, 2.05) is 7.05 Å². The predicted octanol–water partition coefficient (Wildman–Crippen LogP) is 0.821. The van der Waals surface area contributed by atoms with Crippen LogP contribution in [0.1, 0.15) is 44.7 Å². The van der Waals surface area contributed by atoms with E-state index in [1.165, 1.54) is 17.1 Å². The first-order valence-electron chi connectivity index (χ1n) is 10.8. The summed E-state index contributed by atoms with van der Waals surface area (Å²) >= 11 is 0. The highest BCUT2D eigenvalue weighted by molar-refractivity contribution is 5.85. The summed E-state index contributed by atoms with van der Waals surface area (Å²) in [5.74, 6) is 0.265. The van der Waals surface area contributed by atoms with Crippen molar-refractivity contribution in [3.63, 3.8) is 0 Å². The summed E-state index contributed by atoms with van der Waals surface area (Å²) in [6, 6.07) is 0.472. The number of nitrogens with zero attached hydrogens (tertiary/aromatic N) is 7. The van der Waals surface area contributed by atoms with Gasteiger partial charge in [-0.2, -0.15) is 4.68 Å². The first-order valence-corrected chi connectivity index (χ1v) is 10.8. The van der Waals surface area contributed by atoms with Gasteiger partial charge >= 0.3 is 5.97 Å². The van der Waals surface area contributed by atoms with E-state index < -0.39 is 0 Å². The molecule has 0 amide bonds. The Morgan fingerprint density at radius 3 is 2.75 bits per heavy atom. The van der Waals surface area contributed by atoms with Crippen LogP contribution in [0.25, 0.3) is 5.82 Å². The molecule has 0 unspecified atom stereocenters. The van der Waals surface area contributed by atoms with Gasteiger partial charge in [0.05, 0.1) is 23.8 Å². The largest absolute Gasteiger partial charge is 0.456 e. The zero-order valence-corrected chi connectivity index (χ0v) is 18.3. The summed E-state index contributed by atoms with van der Waals surface area (Å²) in [7, 11) is 1.95. The van der Waals surface area contributed by atoms with E-state index in [2.05, 4.69) is 42.6 Å².